The van der Waals surface area contributed by atoms with Gasteiger partial charge in [-0.25, -0.2) is 9.78 Å². The molecule has 1 aromatic carbocycles. The highest BCUT2D eigenvalue weighted by Gasteiger charge is 2.34. The second-order valence-corrected chi connectivity index (χ2v) is 10.8. The van der Waals surface area contributed by atoms with Gasteiger partial charge in [0.1, 0.15) is 15.5 Å². The molecular weight excluding hydrogens is 462 g/mol. The van der Waals surface area contributed by atoms with E-state index in [2.05, 4.69) is 27.6 Å². The van der Waals surface area contributed by atoms with E-state index in [-0.39, 0.29) is 18.0 Å². The lowest BCUT2D eigenvalue weighted by molar-refractivity contribution is 0.0917. The lowest BCUT2D eigenvalue weighted by Gasteiger charge is -2.31. The maximum Gasteiger partial charge on any atom is 0.331 e. The first kappa shape index (κ1) is 22.3. The Bertz CT molecular complexity index is 1320. The molecular formula is C26H29N5O3S. The van der Waals surface area contributed by atoms with Crippen LogP contribution >= 0.6 is 11.3 Å². The van der Waals surface area contributed by atoms with E-state index in [1.165, 1.54) is 17.8 Å². The van der Waals surface area contributed by atoms with Gasteiger partial charge < -0.3 is 20.3 Å². The van der Waals surface area contributed by atoms with E-state index < -0.39 is 0 Å². The van der Waals surface area contributed by atoms with E-state index in [1.54, 1.807) is 11.1 Å². The number of hydrogen-bond donors (Lipinski definition) is 2. The summed E-state index contributed by atoms with van der Waals surface area (Å²) in [6.45, 7) is 3.86. The molecule has 0 bridgehead atoms. The number of aryl methyl sites for hydroxylation is 1. The number of hydrogen-bond acceptors (Lipinski definition) is 6. The SMILES string of the molecule is Cc1cc(OC2CCC2)ccc1N1C(=O)Nc2c(C(=O)NC3CCCN(C)C3)sc3nccc1c23. The molecule has 1 aliphatic carbocycles. The van der Waals surface area contributed by atoms with Crippen LogP contribution in [0, 0.1) is 6.92 Å². The maximum atomic E-state index is 13.4. The number of benzene rings is 1. The Balaban J connectivity index is 1.33. The normalized spacial score (nSPS) is 20.5. The molecule has 2 aliphatic heterocycles. The largest absolute Gasteiger partial charge is 0.490 e. The Hall–Kier alpha value is -3.17. The van der Waals surface area contributed by atoms with Gasteiger partial charge in [0.05, 0.1) is 28.6 Å². The highest BCUT2D eigenvalue weighted by atomic mass is 32.1. The number of likely N-dealkylation sites (N-methyl/N-ethyl adjacent to an activating group) is 1. The summed E-state index contributed by atoms with van der Waals surface area (Å²) in [4.78, 5) is 36.3. The zero-order chi connectivity index (χ0) is 24.1. The van der Waals surface area contributed by atoms with Crippen molar-refractivity contribution in [2.24, 2.45) is 0 Å². The summed E-state index contributed by atoms with van der Waals surface area (Å²) in [5.74, 6) is 0.674. The van der Waals surface area contributed by atoms with Crippen molar-refractivity contribution in [1.82, 2.24) is 15.2 Å². The van der Waals surface area contributed by atoms with Crippen LogP contribution in [0.3, 0.4) is 0 Å². The van der Waals surface area contributed by atoms with Crippen LogP contribution in [-0.2, 0) is 0 Å². The zero-order valence-electron chi connectivity index (χ0n) is 20.0. The minimum Gasteiger partial charge on any atom is -0.490 e. The summed E-state index contributed by atoms with van der Waals surface area (Å²) in [5, 5.41) is 6.96. The zero-order valence-corrected chi connectivity index (χ0v) is 20.8. The molecule has 8 nitrogen and oxygen atoms in total. The van der Waals surface area contributed by atoms with Gasteiger partial charge in [0.25, 0.3) is 5.91 Å². The predicted octanol–water partition coefficient (Wildman–Crippen LogP) is 5.04. The number of amides is 3. The van der Waals surface area contributed by atoms with Gasteiger partial charge in [-0.2, -0.15) is 0 Å². The molecule has 2 N–H and O–H groups in total. The summed E-state index contributed by atoms with van der Waals surface area (Å²) >= 11 is 1.32. The van der Waals surface area contributed by atoms with Crippen LogP contribution in [0.5, 0.6) is 5.75 Å². The van der Waals surface area contributed by atoms with Crippen molar-refractivity contribution in [3.8, 4) is 5.75 Å². The number of nitrogens with one attached hydrogen (secondary N) is 2. The molecule has 9 heteroatoms. The highest BCUT2D eigenvalue weighted by Crippen LogP contribution is 2.46. The molecule has 3 aromatic rings. The molecule has 0 radical (unpaired) electrons. The minimum atomic E-state index is -0.286. The van der Waals surface area contributed by atoms with Crippen molar-refractivity contribution in [2.75, 3.05) is 30.4 Å². The molecule has 182 valence electrons. The number of anilines is 3. The first-order chi connectivity index (χ1) is 17.0. The number of carbonyl (C=O) groups excluding carboxylic acids is 2. The number of pyridine rings is 1. The van der Waals surface area contributed by atoms with Crippen molar-refractivity contribution in [1.29, 1.82) is 0 Å². The van der Waals surface area contributed by atoms with Crippen molar-refractivity contribution in [3.05, 3.63) is 40.9 Å². The fourth-order valence-electron chi connectivity index (χ4n) is 5.15. The van der Waals surface area contributed by atoms with Crippen molar-refractivity contribution in [3.63, 3.8) is 0 Å². The fraction of sp³-hybridized carbons (Fsp3) is 0.423. The van der Waals surface area contributed by atoms with Gasteiger partial charge >= 0.3 is 6.03 Å². The number of likely N-dealkylation sites (tertiary alicyclic amines) is 1. The number of urea groups is 1. The van der Waals surface area contributed by atoms with E-state index in [0.29, 0.717) is 16.7 Å². The molecule has 35 heavy (non-hydrogen) atoms. The Morgan fingerprint density at radius 1 is 1.20 bits per heavy atom. The van der Waals surface area contributed by atoms with Crippen LogP contribution in [0.1, 0.15) is 47.3 Å². The van der Waals surface area contributed by atoms with Gasteiger partial charge in [-0.3, -0.25) is 9.69 Å². The number of piperidine rings is 1. The van der Waals surface area contributed by atoms with Gasteiger partial charge in [-0.15, -0.1) is 11.3 Å². The first-order valence-corrected chi connectivity index (χ1v) is 13.1. The Morgan fingerprint density at radius 3 is 2.80 bits per heavy atom. The van der Waals surface area contributed by atoms with Gasteiger partial charge in [0.2, 0.25) is 0 Å². The molecule has 1 saturated carbocycles. The van der Waals surface area contributed by atoms with Crippen molar-refractivity contribution < 1.29 is 14.3 Å². The van der Waals surface area contributed by atoms with Crippen LogP contribution < -0.4 is 20.3 Å². The average molecular weight is 492 g/mol. The number of carbonyl (C=O) groups is 2. The second kappa shape index (κ2) is 8.80. The lowest BCUT2D eigenvalue weighted by Crippen LogP contribution is -2.46. The van der Waals surface area contributed by atoms with Crippen LogP contribution in [0.2, 0.25) is 0 Å². The predicted molar refractivity (Wildman–Crippen MR) is 138 cm³/mol. The topological polar surface area (TPSA) is 86.8 Å². The minimum absolute atomic E-state index is 0.102. The maximum absolute atomic E-state index is 13.4. The van der Waals surface area contributed by atoms with Crippen LogP contribution in [0.25, 0.3) is 10.2 Å². The molecule has 1 unspecified atom stereocenters. The van der Waals surface area contributed by atoms with Crippen molar-refractivity contribution in [2.45, 2.75) is 51.2 Å². The van der Waals surface area contributed by atoms with Crippen LogP contribution in [0.15, 0.2) is 30.5 Å². The molecule has 4 heterocycles. The third kappa shape index (κ3) is 4.02. The fourth-order valence-corrected chi connectivity index (χ4v) is 6.17. The third-order valence-corrected chi connectivity index (χ3v) is 8.27. The number of aromatic nitrogens is 1. The number of rotatable bonds is 5. The standard InChI is InChI=1S/C26H29N5O3S/c1-15-13-18(34-17-6-3-7-17)8-9-19(15)31-20-10-11-27-25-21(20)22(29-26(31)33)23(35-25)24(32)28-16-5-4-12-30(2)14-16/h8-11,13,16-17H,3-7,12,14H2,1-2H3,(H,28,32)(H,29,33). The number of nitrogens with zero attached hydrogens (tertiary/aromatic N) is 3. The molecule has 1 saturated heterocycles. The second-order valence-electron chi connectivity index (χ2n) is 9.78. The number of ether oxygens (including phenoxy) is 1. The van der Waals surface area contributed by atoms with E-state index in [0.717, 1.165) is 71.7 Å². The lowest BCUT2D eigenvalue weighted by atomic mass is 9.96. The summed E-state index contributed by atoms with van der Waals surface area (Å²) in [7, 11) is 2.07. The molecule has 6 rings (SSSR count). The third-order valence-electron chi connectivity index (χ3n) is 7.18. The van der Waals surface area contributed by atoms with E-state index in [9.17, 15) is 9.59 Å². The molecule has 0 spiro atoms. The van der Waals surface area contributed by atoms with E-state index in [1.807, 2.05) is 31.2 Å². The summed E-state index contributed by atoms with van der Waals surface area (Å²) in [6, 6.07) is 7.50. The van der Waals surface area contributed by atoms with Gasteiger partial charge in [0, 0.05) is 18.8 Å². The van der Waals surface area contributed by atoms with Gasteiger partial charge in [-0.05, 0) is 82.4 Å². The highest BCUT2D eigenvalue weighted by molar-refractivity contribution is 7.21. The van der Waals surface area contributed by atoms with E-state index in [4.69, 9.17) is 4.74 Å². The molecule has 3 aliphatic rings. The molecule has 1 atom stereocenters. The summed E-state index contributed by atoms with van der Waals surface area (Å²) < 4.78 is 6.04. The Morgan fingerprint density at radius 2 is 2.06 bits per heavy atom. The smallest absolute Gasteiger partial charge is 0.331 e. The first-order valence-electron chi connectivity index (χ1n) is 12.3. The monoisotopic (exact) mass is 491 g/mol. The molecule has 2 aromatic heterocycles. The Labute approximate surface area is 208 Å². The number of thiophene rings is 1. The van der Waals surface area contributed by atoms with Crippen LogP contribution in [0.4, 0.5) is 21.9 Å². The van der Waals surface area contributed by atoms with Gasteiger partial charge in [-0.1, -0.05) is 0 Å². The Kier molecular flexibility index (Phi) is 5.61. The molecule has 2 fully saturated rings. The van der Waals surface area contributed by atoms with Crippen molar-refractivity contribution >= 4 is 50.6 Å². The summed E-state index contributed by atoms with van der Waals surface area (Å²) in [5.41, 5.74) is 3.01. The average Bonchev–Trinajstić information content (AvgIpc) is 3.17. The van der Waals surface area contributed by atoms with E-state index >= 15 is 0 Å². The molecule has 3 amide bonds. The van der Waals surface area contributed by atoms with Gasteiger partial charge in [0.15, 0.2) is 0 Å². The summed E-state index contributed by atoms with van der Waals surface area (Å²) in [6.07, 6.45) is 7.42. The quantitative estimate of drug-likeness (QED) is 0.522. The van der Waals surface area contributed by atoms with Crippen LogP contribution in [-0.4, -0.2) is 54.1 Å².